The van der Waals surface area contributed by atoms with Crippen LogP contribution in [0.1, 0.15) is 26.7 Å². The molecule has 0 aliphatic carbocycles. The molecule has 0 aromatic carbocycles. The zero-order valence-electron chi connectivity index (χ0n) is 8.69. The van der Waals surface area contributed by atoms with Crippen molar-refractivity contribution < 1.29 is 9.59 Å². The Bertz CT molecular complexity index is 187. The second-order valence-corrected chi connectivity index (χ2v) is 3.59. The number of hydrogen-bond acceptors (Lipinski definition) is 3. The molecule has 14 heavy (non-hydrogen) atoms. The van der Waals surface area contributed by atoms with Crippen molar-refractivity contribution in [3.63, 3.8) is 0 Å². The molecule has 0 fully saturated rings. The number of carbonyl (C=O) groups excluding carboxylic acids is 2. The first-order valence-electron chi connectivity index (χ1n) is 4.72. The molecule has 0 aliphatic heterocycles. The Morgan fingerprint density at radius 1 is 1.50 bits per heavy atom. The number of rotatable bonds is 6. The third kappa shape index (κ3) is 4.00. The fourth-order valence-electron chi connectivity index (χ4n) is 1.35. The summed E-state index contributed by atoms with van der Waals surface area (Å²) in [6.07, 6.45) is 1.33. The normalized spacial score (nSPS) is 12.2. The summed E-state index contributed by atoms with van der Waals surface area (Å²) in [6, 6.07) is -0.509. The predicted octanol–water partition coefficient (Wildman–Crippen LogP) is 0.419. The summed E-state index contributed by atoms with van der Waals surface area (Å²) < 4.78 is 0. The van der Waals surface area contributed by atoms with Crippen LogP contribution in [-0.2, 0) is 9.59 Å². The number of amides is 2. The standard InChI is InChI=1S/C9H18N2O2S/c1-3-5-11(7(2)12)8(4-6-14)9(10)13/h8,14H,3-6H2,1-2H3,(H2,10,13). The van der Waals surface area contributed by atoms with E-state index in [0.29, 0.717) is 18.7 Å². The maximum Gasteiger partial charge on any atom is 0.240 e. The van der Waals surface area contributed by atoms with Gasteiger partial charge in [-0.1, -0.05) is 6.92 Å². The maximum absolute atomic E-state index is 11.2. The van der Waals surface area contributed by atoms with Crippen LogP contribution in [0.3, 0.4) is 0 Å². The van der Waals surface area contributed by atoms with Crippen LogP contribution >= 0.6 is 12.6 Å². The SMILES string of the molecule is CCCN(C(C)=O)C(CCS)C(N)=O. The molecule has 5 heteroatoms. The second kappa shape index (κ2) is 6.70. The highest BCUT2D eigenvalue weighted by Crippen LogP contribution is 2.06. The predicted molar refractivity (Wildman–Crippen MR) is 59.1 cm³/mol. The highest BCUT2D eigenvalue weighted by atomic mass is 32.1. The number of primary amides is 1. The summed E-state index contributed by atoms with van der Waals surface area (Å²) in [5, 5.41) is 0. The quantitative estimate of drug-likeness (QED) is 0.635. The molecule has 2 amide bonds. The van der Waals surface area contributed by atoms with E-state index in [4.69, 9.17) is 5.73 Å². The Hall–Kier alpha value is -0.710. The lowest BCUT2D eigenvalue weighted by Crippen LogP contribution is -2.47. The molecule has 4 nitrogen and oxygen atoms in total. The number of nitrogens with zero attached hydrogens (tertiary/aromatic N) is 1. The summed E-state index contributed by atoms with van der Waals surface area (Å²) >= 11 is 4.04. The van der Waals surface area contributed by atoms with Crippen molar-refractivity contribution in [1.82, 2.24) is 4.90 Å². The van der Waals surface area contributed by atoms with Crippen LogP contribution in [0.5, 0.6) is 0 Å². The van der Waals surface area contributed by atoms with Gasteiger partial charge in [0.2, 0.25) is 11.8 Å². The average Bonchev–Trinajstić information content (AvgIpc) is 2.10. The molecule has 0 aromatic rings. The molecule has 0 saturated carbocycles. The van der Waals surface area contributed by atoms with Crippen molar-refractivity contribution in [3.05, 3.63) is 0 Å². The minimum Gasteiger partial charge on any atom is -0.368 e. The molecule has 0 saturated heterocycles. The molecule has 0 spiro atoms. The molecule has 0 aliphatic rings. The van der Waals surface area contributed by atoms with Crippen molar-refractivity contribution >= 4 is 24.4 Å². The molecule has 1 unspecified atom stereocenters. The third-order valence-electron chi connectivity index (χ3n) is 1.98. The zero-order chi connectivity index (χ0) is 11.1. The van der Waals surface area contributed by atoms with E-state index in [9.17, 15) is 9.59 Å². The summed E-state index contributed by atoms with van der Waals surface area (Å²) in [6.45, 7) is 3.97. The number of hydrogen-bond donors (Lipinski definition) is 2. The van der Waals surface area contributed by atoms with E-state index >= 15 is 0 Å². The maximum atomic E-state index is 11.2. The lowest BCUT2D eigenvalue weighted by molar-refractivity contribution is -0.137. The van der Waals surface area contributed by atoms with E-state index in [1.54, 1.807) is 0 Å². The Balaban J connectivity index is 4.54. The molecule has 82 valence electrons. The molecule has 0 heterocycles. The van der Waals surface area contributed by atoms with Crippen LogP contribution in [0.2, 0.25) is 0 Å². The Labute approximate surface area is 90.2 Å². The largest absolute Gasteiger partial charge is 0.368 e. The first-order valence-corrected chi connectivity index (χ1v) is 5.35. The van der Waals surface area contributed by atoms with Gasteiger partial charge in [0.15, 0.2) is 0 Å². The van der Waals surface area contributed by atoms with Gasteiger partial charge in [-0.15, -0.1) is 0 Å². The minimum absolute atomic E-state index is 0.113. The second-order valence-electron chi connectivity index (χ2n) is 3.14. The van der Waals surface area contributed by atoms with E-state index in [0.717, 1.165) is 6.42 Å². The van der Waals surface area contributed by atoms with Crippen molar-refractivity contribution in [2.24, 2.45) is 5.73 Å². The molecule has 0 aromatic heterocycles. The summed E-state index contributed by atoms with van der Waals surface area (Å²) in [7, 11) is 0. The van der Waals surface area contributed by atoms with E-state index in [1.807, 2.05) is 6.92 Å². The number of thiol groups is 1. The molecule has 2 N–H and O–H groups in total. The van der Waals surface area contributed by atoms with Gasteiger partial charge in [-0.2, -0.15) is 12.6 Å². The zero-order valence-corrected chi connectivity index (χ0v) is 9.59. The van der Waals surface area contributed by atoms with Crippen LogP contribution in [0.25, 0.3) is 0 Å². The topological polar surface area (TPSA) is 63.4 Å². The minimum atomic E-state index is -0.509. The van der Waals surface area contributed by atoms with Crippen molar-refractivity contribution in [3.8, 4) is 0 Å². The smallest absolute Gasteiger partial charge is 0.240 e. The van der Waals surface area contributed by atoms with Crippen LogP contribution < -0.4 is 5.73 Å². The van der Waals surface area contributed by atoms with Gasteiger partial charge in [-0.25, -0.2) is 0 Å². The Morgan fingerprint density at radius 2 is 2.07 bits per heavy atom. The molecule has 1 atom stereocenters. The lowest BCUT2D eigenvalue weighted by atomic mass is 10.1. The highest BCUT2D eigenvalue weighted by molar-refractivity contribution is 7.80. The van der Waals surface area contributed by atoms with Gasteiger partial charge in [0.25, 0.3) is 0 Å². The Kier molecular flexibility index (Phi) is 6.36. The van der Waals surface area contributed by atoms with E-state index in [-0.39, 0.29) is 5.91 Å². The lowest BCUT2D eigenvalue weighted by Gasteiger charge is -2.27. The number of carbonyl (C=O) groups is 2. The van der Waals surface area contributed by atoms with Crippen LogP contribution in [0.15, 0.2) is 0 Å². The monoisotopic (exact) mass is 218 g/mol. The van der Waals surface area contributed by atoms with Crippen LogP contribution in [0.4, 0.5) is 0 Å². The van der Waals surface area contributed by atoms with Crippen LogP contribution in [-0.4, -0.2) is 35.1 Å². The number of nitrogens with two attached hydrogens (primary N) is 1. The molecular weight excluding hydrogens is 200 g/mol. The van der Waals surface area contributed by atoms with Gasteiger partial charge in [-0.3, -0.25) is 9.59 Å². The van der Waals surface area contributed by atoms with Gasteiger partial charge in [0, 0.05) is 13.5 Å². The molecular formula is C9H18N2O2S. The van der Waals surface area contributed by atoms with Crippen molar-refractivity contribution in [2.45, 2.75) is 32.7 Å². The van der Waals surface area contributed by atoms with Crippen molar-refractivity contribution in [1.29, 1.82) is 0 Å². The van der Waals surface area contributed by atoms with Gasteiger partial charge in [-0.05, 0) is 18.6 Å². The van der Waals surface area contributed by atoms with Crippen LogP contribution in [0, 0.1) is 0 Å². The highest BCUT2D eigenvalue weighted by Gasteiger charge is 2.24. The van der Waals surface area contributed by atoms with Crippen molar-refractivity contribution in [2.75, 3.05) is 12.3 Å². The van der Waals surface area contributed by atoms with Gasteiger partial charge in [0.05, 0.1) is 0 Å². The fraction of sp³-hybridized carbons (Fsp3) is 0.778. The molecule has 0 rings (SSSR count). The van der Waals surface area contributed by atoms with E-state index in [1.165, 1.54) is 11.8 Å². The van der Waals surface area contributed by atoms with Gasteiger partial charge in [0.1, 0.15) is 6.04 Å². The van der Waals surface area contributed by atoms with Gasteiger partial charge < -0.3 is 10.6 Å². The Morgan fingerprint density at radius 3 is 2.36 bits per heavy atom. The third-order valence-corrected chi connectivity index (χ3v) is 2.23. The average molecular weight is 218 g/mol. The molecule has 0 bridgehead atoms. The summed E-state index contributed by atoms with van der Waals surface area (Å²) in [4.78, 5) is 23.9. The van der Waals surface area contributed by atoms with E-state index < -0.39 is 11.9 Å². The fourth-order valence-corrected chi connectivity index (χ4v) is 1.59. The summed E-state index contributed by atoms with van der Waals surface area (Å²) in [5.74, 6) is -0.0266. The first-order chi connectivity index (χ1) is 6.54. The summed E-state index contributed by atoms with van der Waals surface area (Å²) in [5.41, 5.74) is 5.22. The molecule has 0 radical (unpaired) electrons. The first kappa shape index (κ1) is 13.3. The van der Waals surface area contributed by atoms with E-state index in [2.05, 4.69) is 12.6 Å². The van der Waals surface area contributed by atoms with Gasteiger partial charge >= 0.3 is 0 Å².